The van der Waals surface area contributed by atoms with Gasteiger partial charge in [0.2, 0.25) is 0 Å². The molecule has 140 valence electrons. The Labute approximate surface area is 155 Å². The maximum absolute atomic E-state index is 13.8. The number of fused-ring (bicyclic) bond motifs is 1. The van der Waals surface area contributed by atoms with E-state index in [0.717, 1.165) is 5.56 Å². The second-order valence-electron chi connectivity index (χ2n) is 6.29. The van der Waals surface area contributed by atoms with Gasteiger partial charge in [-0.2, -0.15) is 0 Å². The number of carbonyl (C=O) groups is 3. The van der Waals surface area contributed by atoms with Crippen molar-refractivity contribution in [3.05, 3.63) is 65.0 Å². The summed E-state index contributed by atoms with van der Waals surface area (Å²) in [5, 5.41) is 2.71. The van der Waals surface area contributed by atoms with Crippen molar-refractivity contribution < 1.29 is 23.5 Å². The van der Waals surface area contributed by atoms with Crippen LogP contribution < -0.4 is 5.32 Å². The Morgan fingerprint density at radius 3 is 2.67 bits per heavy atom. The number of amides is 2. The van der Waals surface area contributed by atoms with Crippen molar-refractivity contribution in [3.63, 3.8) is 0 Å². The lowest BCUT2D eigenvalue weighted by Gasteiger charge is -2.35. The lowest BCUT2D eigenvalue weighted by Crippen LogP contribution is -2.45. The first-order valence-electron chi connectivity index (χ1n) is 8.45. The van der Waals surface area contributed by atoms with E-state index in [1.165, 1.54) is 31.1 Å². The summed E-state index contributed by atoms with van der Waals surface area (Å²) in [5.74, 6) is -1.13. The van der Waals surface area contributed by atoms with Crippen LogP contribution in [0.25, 0.3) is 0 Å². The molecular weight excluding hydrogens is 351 g/mol. The molecule has 7 heteroatoms. The molecule has 3 rings (SSSR count). The highest BCUT2D eigenvalue weighted by molar-refractivity contribution is 6.00. The van der Waals surface area contributed by atoms with Gasteiger partial charge in [-0.25, -0.2) is 9.18 Å². The number of rotatable bonds is 3. The van der Waals surface area contributed by atoms with Crippen LogP contribution in [0.5, 0.6) is 0 Å². The van der Waals surface area contributed by atoms with Gasteiger partial charge in [0.1, 0.15) is 11.9 Å². The molecule has 1 aliphatic heterocycles. The molecular formula is C20H19FN2O4. The normalized spacial score (nSPS) is 15.7. The van der Waals surface area contributed by atoms with Crippen LogP contribution in [0, 0.1) is 5.82 Å². The van der Waals surface area contributed by atoms with E-state index in [9.17, 15) is 18.8 Å². The monoisotopic (exact) mass is 370 g/mol. The fourth-order valence-corrected chi connectivity index (χ4v) is 3.21. The molecule has 1 atom stereocenters. The number of ether oxygens (including phenoxy) is 1. The molecule has 0 unspecified atom stereocenters. The fourth-order valence-electron chi connectivity index (χ4n) is 3.21. The maximum atomic E-state index is 13.8. The number of hydrogen-bond donors (Lipinski definition) is 1. The predicted molar refractivity (Wildman–Crippen MR) is 97.0 cm³/mol. The summed E-state index contributed by atoms with van der Waals surface area (Å²) >= 11 is 0. The lowest BCUT2D eigenvalue weighted by molar-refractivity contribution is -0.121. The largest absolute Gasteiger partial charge is 0.453 e. The molecule has 0 radical (unpaired) electrons. The Morgan fingerprint density at radius 2 is 1.96 bits per heavy atom. The van der Waals surface area contributed by atoms with Crippen molar-refractivity contribution in [1.29, 1.82) is 0 Å². The van der Waals surface area contributed by atoms with E-state index >= 15 is 0 Å². The average Bonchev–Trinajstić information content (AvgIpc) is 2.66. The second-order valence-corrected chi connectivity index (χ2v) is 6.29. The number of hydrogen-bond acceptors (Lipinski definition) is 4. The van der Waals surface area contributed by atoms with Gasteiger partial charge in [-0.05, 0) is 48.7 Å². The summed E-state index contributed by atoms with van der Waals surface area (Å²) in [5.41, 5.74) is 2.09. The number of nitrogens with one attached hydrogen (secondary N) is 1. The fraction of sp³-hybridized carbons (Fsp3) is 0.250. The van der Waals surface area contributed by atoms with Crippen LogP contribution in [0.3, 0.4) is 0 Å². The first kappa shape index (κ1) is 18.6. The van der Waals surface area contributed by atoms with Gasteiger partial charge < -0.3 is 10.1 Å². The highest BCUT2D eigenvalue weighted by Crippen LogP contribution is 2.32. The molecule has 0 fully saturated rings. The number of methoxy groups -OCH3 is 1. The molecule has 0 saturated carbocycles. The molecule has 2 aromatic rings. The number of ketones is 1. The minimum atomic E-state index is -1.03. The molecule has 27 heavy (non-hydrogen) atoms. The molecule has 0 aromatic heterocycles. The van der Waals surface area contributed by atoms with Crippen LogP contribution in [0.15, 0.2) is 42.5 Å². The lowest BCUT2D eigenvalue weighted by atomic mass is 9.92. The summed E-state index contributed by atoms with van der Waals surface area (Å²) < 4.78 is 18.6. The Bertz CT molecular complexity index is 913. The summed E-state index contributed by atoms with van der Waals surface area (Å²) in [6.45, 7) is 1.71. The number of benzene rings is 2. The molecule has 0 saturated heterocycles. The number of nitrogens with zero attached hydrogens (tertiary/aromatic N) is 1. The Kier molecular flexibility index (Phi) is 5.21. The van der Waals surface area contributed by atoms with Gasteiger partial charge in [-0.1, -0.05) is 18.2 Å². The molecule has 1 aliphatic rings. The summed E-state index contributed by atoms with van der Waals surface area (Å²) in [6, 6.07) is 9.68. The molecule has 1 N–H and O–H groups in total. The first-order valence-corrected chi connectivity index (χ1v) is 8.45. The van der Waals surface area contributed by atoms with Crippen molar-refractivity contribution >= 4 is 23.5 Å². The Balaban J connectivity index is 1.96. The maximum Gasteiger partial charge on any atom is 0.410 e. The third-order valence-electron chi connectivity index (χ3n) is 4.53. The van der Waals surface area contributed by atoms with Gasteiger partial charge in [0.25, 0.3) is 5.91 Å². The van der Waals surface area contributed by atoms with Gasteiger partial charge in [-0.3, -0.25) is 14.5 Å². The minimum Gasteiger partial charge on any atom is -0.453 e. The van der Waals surface area contributed by atoms with Crippen LogP contribution in [0.1, 0.15) is 34.5 Å². The predicted octanol–water partition coefficient (Wildman–Crippen LogP) is 3.33. The zero-order chi connectivity index (χ0) is 19.6. The van der Waals surface area contributed by atoms with Crippen molar-refractivity contribution in [2.45, 2.75) is 19.4 Å². The minimum absolute atomic E-state index is 0.132. The molecule has 6 nitrogen and oxygen atoms in total. The molecule has 0 aliphatic carbocycles. The summed E-state index contributed by atoms with van der Waals surface area (Å²) in [7, 11) is 1.23. The molecule has 1 heterocycles. The van der Waals surface area contributed by atoms with Crippen molar-refractivity contribution in [2.75, 3.05) is 19.0 Å². The number of carbonyl (C=O) groups excluding carboxylic acids is 3. The molecule has 2 amide bonds. The third-order valence-corrected chi connectivity index (χ3v) is 4.53. The van der Waals surface area contributed by atoms with Crippen LogP contribution >= 0.6 is 0 Å². The smallest absolute Gasteiger partial charge is 0.410 e. The standard InChI is InChI=1S/C20H19FN2O4/c1-12(24)14-4-3-5-16(10-14)22-19(25)18-17-11-15(21)7-6-13(17)8-9-23(18)20(26)27-2/h3-7,10-11,18H,8-9H2,1-2H3,(H,22,25)/t18-/m0/s1. The van der Waals surface area contributed by atoms with Gasteiger partial charge in [0.05, 0.1) is 7.11 Å². The molecule has 2 aromatic carbocycles. The van der Waals surface area contributed by atoms with E-state index in [2.05, 4.69) is 5.32 Å². The van der Waals surface area contributed by atoms with E-state index in [4.69, 9.17) is 4.74 Å². The van der Waals surface area contributed by atoms with Crippen molar-refractivity contribution in [3.8, 4) is 0 Å². The quantitative estimate of drug-likeness (QED) is 0.841. The SMILES string of the molecule is COC(=O)N1CCc2ccc(F)cc2[C@H]1C(=O)Nc1cccc(C(C)=O)c1. The van der Waals surface area contributed by atoms with E-state index in [1.54, 1.807) is 30.3 Å². The molecule has 0 spiro atoms. The zero-order valence-corrected chi connectivity index (χ0v) is 15.0. The highest BCUT2D eigenvalue weighted by atomic mass is 19.1. The van der Waals surface area contributed by atoms with Crippen molar-refractivity contribution in [1.82, 2.24) is 4.90 Å². The molecule has 0 bridgehead atoms. The van der Waals surface area contributed by atoms with E-state index < -0.39 is 23.9 Å². The third kappa shape index (κ3) is 3.81. The average molecular weight is 370 g/mol. The van der Waals surface area contributed by atoms with Gasteiger partial charge in [0.15, 0.2) is 5.78 Å². The Morgan fingerprint density at radius 1 is 1.19 bits per heavy atom. The number of anilines is 1. The van der Waals surface area contributed by atoms with Crippen molar-refractivity contribution in [2.24, 2.45) is 0 Å². The highest BCUT2D eigenvalue weighted by Gasteiger charge is 2.37. The van der Waals surface area contributed by atoms with E-state index in [0.29, 0.717) is 23.2 Å². The second kappa shape index (κ2) is 7.57. The van der Waals surface area contributed by atoms with Gasteiger partial charge >= 0.3 is 6.09 Å². The van der Waals surface area contributed by atoms with E-state index in [-0.39, 0.29) is 12.3 Å². The number of Topliss-reactive ketones (excluding diaryl/α,β-unsaturated/α-hetero) is 1. The Hall–Kier alpha value is -3.22. The van der Waals surface area contributed by atoms with E-state index in [1.807, 2.05) is 0 Å². The zero-order valence-electron chi connectivity index (χ0n) is 15.0. The van der Waals surface area contributed by atoms with Gasteiger partial charge in [-0.15, -0.1) is 0 Å². The van der Waals surface area contributed by atoms with Crippen LogP contribution in [-0.4, -0.2) is 36.3 Å². The van der Waals surface area contributed by atoms with Crippen LogP contribution in [-0.2, 0) is 16.0 Å². The number of halogens is 1. The first-order chi connectivity index (χ1) is 12.9. The van der Waals surface area contributed by atoms with Gasteiger partial charge in [0, 0.05) is 17.8 Å². The summed E-state index contributed by atoms with van der Waals surface area (Å²) in [4.78, 5) is 38.0. The summed E-state index contributed by atoms with van der Waals surface area (Å²) in [6.07, 6.45) is -0.170. The topological polar surface area (TPSA) is 75.7 Å². The van der Waals surface area contributed by atoms with Crippen LogP contribution in [0.2, 0.25) is 0 Å². The van der Waals surface area contributed by atoms with Crippen LogP contribution in [0.4, 0.5) is 14.9 Å².